The average Bonchev–Trinajstić information content (AvgIpc) is 2.23. The van der Waals surface area contributed by atoms with E-state index in [0.717, 1.165) is 19.3 Å². The van der Waals surface area contributed by atoms with Crippen molar-refractivity contribution in [3.05, 3.63) is 42.2 Å². The summed E-state index contributed by atoms with van der Waals surface area (Å²) >= 11 is 0. The summed E-state index contributed by atoms with van der Waals surface area (Å²) in [6.07, 6.45) is 7.35. The standard InChI is InChI=1S/C13H17FO/c1-2-3-4-5-6-10-15-13-9-7-8-12(14)11-13/h3-4,7-9,11H,2,5-6,10H2,1H3/b4-3+. The number of allylic oxidation sites excluding steroid dienone is 2. The molecule has 1 rings (SSSR count). The zero-order valence-corrected chi connectivity index (χ0v) is 9.08. The monoisotopic (exact) mass is 208 g/mol. The van der Waals surface area contributed by atoms with Gasteiger partial charge in [-0.15, -0.1) is 0 Å². The summed E-state index contributed by atoms with van der Waals surface area (Å²) in [5.74, 6) is 0.354. The van der Waals surface area contributed by atoms with E-state index in [1.54, 1.807) is 12.1 Å². The van der Waals surface area contributed by atoms with Crippen LogP contribution in [0.2, 0.25) is 0 Å². The number of unbranched alkanes of at least 4 members (excludes halogenated alkanes) is 1. The lowest BCUT2D eigenvalue weighted by atomic mass is 10.3. The molecule has 0 saturated carbocycles. The summed E-state index contributed by atoms with van der Waals surface area (Å²) in [6.45, 7) is 2.75. The number of ether oxygens (including phenoxy) is 1. The van der Waals surface area contributed by atoms with Gasteiger partial charge < -0.3 is 4.74 Å². The van der Waals surface area contributed by atoms with Crippen molar-refractivity contribution >= 4 is 0 Å². The largest absolute Gasteiger partial charge is 0.493 e. The van der Waals surface area contributed by atoms with Gasteiger partial charge in [0.05, 0.1) is 6.61 Å². The Morgan fingerprint density at radius 1 is 1.33 bits per heavy atom. The molecular weight excluding hydrogens is 191 g/mol. The van der Waals surface area contributed by atoms with E-state index in [1.165, 1.54) is 12.1 Å². The highest BCUT2D eigenvalue weighted by Gasteiger charge is 1.94. The van der Waals surface area contributed by atoms with Crippen molar-refractivity contribution in [3.63, 3.8) is 0 Å². The van der Waals surface area contributed by atoms with E-state index in [4.69, 9.17) is 4.74 Å². The molecule has 82 valence electrons. The smallest absolute Gasteiger partial charge is 0.126 e. The maximum atomic E-state index is 12.8. The quantitative estimate of drug-likeness (QED) is 0.508. The van der Waals surface area contributed by atoms with Crippen LogP contribution in [0.5, 0.6) is 5.75 Å². The van der Waals surface area contributed by atoms with Crippen LogP contribution in [0.1, 0.15) is 26.2 Å². The van der Waals surface area contributed by atoms with Crippen LogP contribution in [0.3, 0.4) is 0 Å². The maximum Gasteiger partial charge on any atom is 0.126 e. The number of benzene rings is 1. The van der Waals surface area contributed by atoms with Crippen LogP contribution in [0.15, 0.2) is 36.4 Å². The molecule has 0 unspecified atom stereocenters. The van der Waals surface area contributed by atoms with Gasteiger partial charge in [-0.2, -0.15) is 0 Å². The lowest BCUT2D eigenvalue weighted by Crippen LogP contribution is -1.96. The third-order valence-electron chi connectivity index (χ3n) is 1.98. The lowest BCUT2D eigenvalue weighted by molar-refractivity contribution is 0.310. The maximum absolute atomic E-state index is 12.8. The van der Waals surface area contributed by atoms with Gasteiger partial charge in [0.2, 0.25) is 0 Å². The van der Waals surface area contributed by atoms with E-state index in [9.17, 15) is 4.39 Å². The summed E-state index contributed by atoms with van der Waals surface area (Å²) in [5, 5.41) is 0. The van der Waals surface area contributed by atoms with Crippen molar-refractivity contribution in [1.82, 2.24) is 0 Å². The van der Waals surface area contributed by atoms with Gasteiger partial charge in [0.15, 0.2) is 0 Å². The number of halogens is 1. The molecule has 2 heteroatoms. The normalized spacial score (nSPS) is 10.8. The fourth-order valence-electron chi connectivity index (χ4n) is 1.23. The second-order valence-corrected chi connectivity index (χ2v) is 3.33. The van der Waals surface area contributed by atoms with Crippen molar-refractivity contribution in [2.75, 3.05) is 6.61 Å². The SMILES string of the molecule is CC/C=C/CCCOc1cccc(F)c1. The zero-order chi connectivity index (χ0) is 10.9. The highest BCUT2D eigenvalue weighted by Crippen LogP contribution is 2.12. The van der Waals surface area contributed by atoms with Crippen LogP contribution in [0, 0.1) is 5.82 Å². The molecule has 0 aromatic heterocycles. The molecule has 0 heterocycles. The first kappa shape index (κ1) is 11.8. The molecule has 1 aromatic carbocycles. The minimum absolute atomic E-state index is 0.252. The van der Waals surface area contributed by atoms with Crippen molar-refractivity contribution < 1.29 is 9.13 Å². The van der Waals surface area contributed by atoms with Crippen LogP contribution < -0.4 is 4.74 Å². The molecule has 0 aliphatic carbocycles. The van der Waals surface area contributed by atoms with E-state index in [2.05, 4.69) is 19.1 Å². The Kier molecular flexibility index (Phi) is 5.52. The first-order valence-electron chi connectivity index (χ1n) is 5.36. The predicted molar refractivity (Wildman–Crippen MR) is 60.6 cm³/mol. The second kappa shape index (κ2) is 7.04. The summed E-state index contributed by atoms with van der Waals surface area (Å²) in [4.78, 5) is 0. The van der Waals surface area contributed by atoms with Gasteiger partial charge in [-0.05, 0) is 31.4 Å². The summed E-state index contributed by atoms with van der Waals surface area (Å²) in [6, 6.07) is 6.24. The Hall–Kier alpha value is -1.31. The van der Waals surface area contributed by atoms with Gasteiger partial charge in [-0.3, -0.25) is 0 Å². The molecule has 0 amide bonds. The highest BCUT2D eigenvalue weighted by atomic mass is 19.1. The summed E-state index contributed by atoms with van der Waals surface area (Å²) < 4.78 is 18.1. The van der Waals surface area contributed by atoms with E-state index in [0.29, 0.717) is 12.4 Å². The Morgan fingerprint density at radius 2 is 2.20 bits per heavy atom. The fourth-order valence-corrected chi connectivity index (χ4v) is 1.23. The van der Waals surface area contributed by atoms with Gasteiger partial charge in [-0.1, -0.05) is 25.1 Å². The Bertz CT molecular complexity index is 307. The van der Waals surface area contributed by atoms with E-state index < -0.39 is 0 Å². The predicted octanol–water partition coefficient (Wildman–Crippen LogP) is 3.95. The Labute approximate surface area is 90.6 Å². The topological polar surface area (TPSA) is 9.23 Å². The molecule has 0 aliphatic heterocycles. The van der Waals surface area contributed by atoms with Gasteiger partial charge in [-0.25, -0.2) is 4.39 Å². The van der Waals surface area contributed by atoms with E-state index in [1.807, 2.05) is 0 Å². The van der Waals surface area contributed by atoms with Crippen LogP contribution in [0.4, 0.5) is 4.39 Å². The van der Waals surface area contributed by atoms with Crippen LogP contribution in [0.25, 0.3) is 0 Å². The molecule has 15 heavy (non-hydrogen) atoms. The molecule has 0 bridgehead atoms. The highest BCUT2D eigenvalue weighted by molar-refractivity contribution is 5.22. The van der Waals surface area contributed by atoms with Crippen molar-refractivity contribution in [1.29, 1.82) is 0 Å². The lowest BCUT2D eigenvalue weighted by Gasteiger charge is -2.04. The van der Waals surface area contributed by atoms with Crippen LogP contribution in [-0.4, -0.2) is 6.61 Å². The van der Waals surface area contributed by atoms with Crippen molar-refractivity contribution in [3.8, 4) is 5.75 Å². The van der Waals surface area contributed by atoms with E-state index in [-0.39, 0.29) is 5.82 Å². The van der Waals surface area contributed by atoms with Crippen molar-refractivity contribution in [2.24, 2.45) is 0 Å². The Balaban J connectivity index is 2.17. The summed E-state index contributed by atoms with van der Waals surface area (Å²) in [7, 11) is 0. The molecule has 0 saturated heterocycles. The minimum atomic E-state index is -0.252. The van der Waals surface area contributed by atoms with Crippen LogP contribution in [-0.2, 0) is 0 Å². The van der Waals surface area contributed by atoms with Crippen molar-refractivity contribution in [2.45, 2.75) is 26.2 Å². The number of rotatable bonds is 6. The molecule has 0 spiro atoms. The fraction of sp³-hybridized carbons (Fsp3) is 0.385. The molecular formula is C13H17FO. The molecule has 0 aliphatic rings. The average molecular weight is 208 g/mol. The third kappa shape index (κ3) is 5.21. The molecule has 0 atom stereocenters. The first-order chi connectivity index (χ1) is 7.33. The molecule has 0 radical (unpaired) electrons. The van der Waals surface area contributed by atoms with Gasteiger partial charge >= 0.3 is 0 Å². The molecule has 1 aromatic rings. The summed E-state index contributed by atoms with van der Waals surface area (Å²) in [5.41, 5.74) is 0. The number of hydrogen-bond acceptors (Lipinski definition) is 1. The Morgan fingerprint density at radius 3 is 2.93 bits per heavy atom. The zero-order valence-electron chi connectivity index (χ0n) is 9.08. The van der Waals surface area contributed by atoms with E-state index >= 15 is 0 Å². The van der Waals surface area contributed by atoms with Crippen LogP contribution >= 0.6 is 0 Å². The molecule has 0 N–H and O–H groups in total. The third-order valence-corrected chi connectivity index (χ3v) is 1.98. The van der Waals surface area contributed by atoms with Gasteiger partial charge in [0.25, 0.3) is 0 Å². The molecule has 0 fully saturated rings. The van der Waals surface area contributed by atoms with Gasteiger partial charge in [0.1, 0.15) is 11.6 Å². The molecule has 1 nitrogen and oxygen atoms in total. The minimum Gasteiger partial charge on any atom is -0.493 e. The first-order valence-corrected chi connectivity index (χ1v) is 5.36. The van der Waals surface area contributed by atoms with Gasteiger partial charge in [0, 0.05) is 6.07 Å². The number of hydrogen-bond donors (Lipinski definition) is 0. The second-order valence-electron chi connectivity index (χ2n) is 3.33.